The van der Waals surface area contributed by atoms with Crippen molar-refractivity contribution in [3.8, 4) is 11.5 Å². The van der Waals surface area contributed by atoms with Crippen molar-refractivity contribution < 1.29 is 18.7 Å². The van der Waals surface area contributed by atoms with Gasteiger partial charge in [-0.2, -0.15) is 4.68 Å². The van der Waals surface area contributed by atoms with Crippen LogP contribution in [0.25, 0.3) is 22.2 Å². The smallest absolute Gasteiger partial charge is 0.437 e. The average molecular weight is 417 g/mol. The summed E-state index contributed by atoms with van der Waals surface area (Å²) in [5.41, 5.74) is 1.20. The molecule has 0 aliphatic carbocycles. The van der Waals surface area contributed by atoms with Gasteiger partial charge in [0.25, 0.3) is 5.91 Å². The van der Waals surface area contributed by atoms with E-state index in [2.05, 4.69) is 10.4 Å². The molecule has 0 bridgehead atoms. The van der Waals surface area contributed by atoms with Crippen LogP contribution in [0.15, 0.2) is 82.0 Å². The summed E-state index contributed by atoms with van der Waals surface area (Å²) in [7, 11) is 0. The highest BCUT2D eigenvalue weighted by atomic mass is 16.5. The number of amides is 1. The molecular formula is C23H19N3O5. The molecule has 0 saturated heterocycles. The van der Waals surface area contributed by atoms with Gasteiger partial charge in [-0.1, -0.05) is 48.5 Å². The van der Waals surface area contributed by atoms with Crippen molar-refractivity contribution in [1.29, 1.82) is 0 Å². The lowest BCUT2D eigenvalue weighted by Gasteiger charge is -2.13. The fourth-order valence-electron chi connectivity index (χ4n) is 3.02. The van der Waals surface area contributed by atoms with Gasteiger partial charge in [-0.05, 0) is 42.0 Å². The summed E-state index contributed by atoms with van der Waals surface area (Å²) in [5.74, 6) is -1.96. The van der Waals surface area contributed by atoms with Crippen LogP contribution >= 0.6 is 0 Å². The van der Waals surface area contributed by atoms with Gasteiger partial charge in [0.05, 0.1) is 0 Å². The Bertz CT molecular complexity index is 1290. The minimum atomic E-state index is -1.06. The predicted octanol–water partition coefficient (Wildman–Crippen LogP) is 3.23. The fraction of sp³-hybridized carbons (Fsp3) is 0.130. The lowest BCUT2D eigenvalue weighted by Crippen LogP contribution is -2.32. The number of hydrogen-bond donors (Lipinski definition) is 1. The zero-order valence-electron chi connectivity index (χ0n) is 16.6. The maximum atomic E-state index is 12.4. The number of nitrogens with zero attached hydrogens (tertiary/aromatic N) is 2. The third-order valence-electron chi connectivity index (χ3n) is 4.60. The van der Waals surface area contributed by atoms with Crippen molar-refractivity contribution in [2.24, 2.45) is 0 Å². The van der Waals surface area contributed by atoms with Gasteiger partial charge in [0.15, 0.2) is 6.10 Å². The number of hydrogen-bond acceptors (Lipinski definition) is 6. The van der Waals surface area contributed by atoms with Crippen LogP contribution in [0.2, 0.25) is 0 Å². The summed E-state index contributed by atoms with van der Waals surface area (Å²) in [6, 6.07) is 22.1. The van der Waals surface area contributed by atoms with Crippen LogP contribution < -0.4 is 11.1 Å². The van der Waals surface area contributed by atoms with Crippen LogP contribution in [0.5, 0.6) is 0 Å². The molecule has 4 aromatic rings. The van der Waals surface area contributed by atoms with Crippen molar-refractivity contribution in [2.75, 3.05) is 5.32 Å². The Labute approximate surface area is 177 Å². The van der Waals surface area contributed by atoms with Crippen LogP contribution in [0.3, 0.4) is 0 Å². The van der Waals surface area contributed by atoms with Crippen molar-refractivity contribution >= 4 is 28.3 Å². The second-order valence-electron chi connectivity index (χ2n) is 6.88. The van der Waals surface area contributed by atoms with Crippen molar-refractivity contribution in [3.63, 3.8) is 0 Å². The average Bonchev–Trinajstić information content (AvgIpc) is 3.14. The normalized spacial score (nSPS) is 11.8. The Kier molecular flexibility index (Phi) is 5.61. The topological polar surface area (TPSA) is 103 Å². The van der Waals surface area contributed by atoms with Crippen molar-refractivity contribution in [2.45, 2.75) is 19.6 Å². The fourth-order valence-corrected chi connectivity index (χ4v) is 3.02. The number of anilines is 1. The second-order valence-corrected chi connectivity index (χ2v) is 6.88. The van der Waals surface area contributed by atoms with Crippen LogP contribution in [-0.4, -0.2) is 27.8 Å². The number of aromatic nitrogens is 2. The quantitative estimate of drug-likeness (QED) is 0.483. The van der Waals surface area contributed by atoms with Crippen LogP contribution in [0.4, 0.5) is 5.69 Å². The molecule has 0 radical (unpaired) electrons. The standard InChI is InChI=1S/C23H19N3O5/c1-15(21(28)24-19-12-11-16-7-5-6-10-18(16)13-19)30-20(27)14-26-23(29)31-22(25-26)17-8-3-2-4-9-17/h2-13,15H,14H2,1H3,(H,24,28)/t15-/m0/s1. The van der Waals surface area contributed by atoms with E-state index in [1.54, 1.807) is 30.3 Å². The van der Waals surface area contributed by atoms with Gasteiger partial charge in [-0.15, -0.1) is 5.10 Å². The highest BCUT2D eigenvalue weighted by Gasteiger charge is 2.20. The minimum absolute atomic E-state index is 0.0977. The van der Waals surface area contributed by atoms with Crippen molar-refractivity contribution in [1.82, 2.24) is 9.78 Å². The van der Waals surface area contributed by atoms with Crippen LogP contribution in [-0.2, 0) is 20.9 Å². The molecule has 0 aliphatic rings. The molecule has 156 valence electrons. The number of esters is 1. The number of carbonyl (C=O) groups is 2. The first-order chi connectivity index (χ1) is 15.0. The predicted molar refractivity (Wildman–Crippen MR) is 114 cm³/mol. The molecule has 1 amide bonds. The maximum absolute atomic E-state index is 12.4. The van der Waals surface area contributed by atoms with E-state index in [0.717, 1.165) is 15.5 Å². The molecule has 0 unspecified atom stereocenters. The van der Waals surface area contributed by atoms with Crippen LogP contribution in [0.1, 0.15) is 6.92 Å². The summed E-state index contributed by atoms with van der Waals surface area (Å²) in [6.45, 7) is 0.984. The Morgan fingerprint density at radius 3 is 2.52 bits per heavy atom. The Hall–Kier alpha value is -4.20. The molecule has 4 rings (SSSR count). The molecule has 8 heteroatoms. The zero-order chi connectivity index (χ0) is 21.8. The molecule has 8 nitrogen and oxygen atoms in total. The van der Waals surface area contributed by atoms with E-state index < -0.39 is 30.3 Å². The lowest BCUT2D eigenvalue weighted by atomic mass is 10.1. The Morgan fingerprint density at radius 1 is 1.03 bits per heavy atom. The van der Waals surface area contributed by atoms with Gasteiger partial charge >= 0.3 is 11.7 Å². The molecule has 3 aromatic carbocycles. The molecule has 0 fully saturated rings. The van der Waals surface area contributed by atoms with E-state index in [1.165, 1.54) is 6.92 Å². The monoisotopic (exact) mass is 417 g/mol. The summed E-state index contributed by atoms with van der Waals surface area (Å²) >= 11 is 0. The summed E-state index contributed by atoms with van der Waals surface area (Å²) in [5, 5.41) is 8.75. The molecule has 1 heterocycles. The molecule has 1 aromatic heterocycles. The summed E-state index contributed by atoms with van der Waals surface area (Å²) in [6.07, 6.45) is -1.06. The zero-order valence-corrected chi connectivity index (χ0v) is 16.6. The number of fused-ring (bicyclic) bond motifs is 1. The first-order valence-corrected chi connectivity index (χ1v) is 9.62. The number of carbonyl (C=O) groups excluding carboxylic acids is 2. The molecule has 0 saturated carbocycles. The van der Waals surface area contributed by atoms with E-state index in [-0.39, 0.29) is 5.89 Å². The third-order valence-corrected chi connectivity index (χ3v) is 4.60. The number of ether oxygens (including phenoxy) is 1. The SMILES string of the molecule is C[C@H](OC(=O)Cn1nc(-c2ccccc2)oc1=O)C(=O)Nc1ccc2ccccc2c1. The van der Waals surface area contributed by atoms with E-state index in [0.29, 0.717) is 11.3 Å². The molecule has 31 heavy (non-hydrogen) atoms. The largest absolute Gasteiger partial charge is 0.451 e. The van der Waals surface area contributed by atoms with Gasteiger partial charge in [0.1, 0.15) is 6.54 Å². The summed E-state index contributed by atoms with van der Waals surface area (Å²) < 4.78 is 11.1. The van der Waals surface area contributed by atoms with Gasteiger partial charge in [-0.3, -0.25) is 9.59 Å². The number of rotatable bonds is 6. The highest BCUT2D eigenvalue weighted by molar-refractivity contribution is 5.97. The molecule has 1 N–H and O–H groups in total. The first kappa shape index (κ1) is 20.1. The molecule has 0 spiro atoms. The highest BCUT2D eigenvalue weighted by Crippen LogP contribution is 2.19. The van der Waals surface area contributed by atoms with Gasteiger partial charge in [-0.25, -0.2) is 4.79 Å². The molecule has 0 aliphatic heterocycles. The summed E-state index contributed by atoms with van der Waals surface area (Å²) in [4.78, 5) is 36.6. The molecular weight excluding hydrogens is 398 g/mol. The van der Waals surface area contributed by atoms with E-state index in [1.807, 2.05) is 42.5 Å². The van der Waals surface area contributed by atoms with E-state index in [4.69, 9.17) is 9.15 Å². The Balaban J connectivity index is 1.37. The first-order valence-electron chi connectivity index (χ1n) is 9.62. The third kappa shape index (κ3) is 4.69. The van der Waals surface area contributed by atoms with Crippen LogP contribution in [0, 0.1) is 0 Å². The van der Waals surface area contributed by atoms with Gasteiger partial charge < -0.3 is 14.5 Å². The van der Waals surface area contributed by atoms with Crippen molar-refractivity contribution in [3.05, 3.63) is 83.3 Å². The number of benzene rings is 3. The lowest BCUT2D eigenvalue weighted by molar-refractivity contribution is -0.154. The van der Waals surface area contributed by atoms with E-state index >= 15 is 0 Å². The Morgan fingerprint density at radius 2 is 1.74 bits per heavy atom. The van der Waals surface area contributed by atoms with E-state index in [9.17, 15) is 14.4 Å². The van der Waals surface area contributed by atoms with Gasteiger partial charge in [0, 0.05) is 11.3 Å². The minimum Gasteiger partial charge on any atom is -0.451 e. The number of nitrogens with one attached hydrogen (secondary N) is 1. The maximum Gasteiger partial charge on any atom is 0.437 e. The van der Waals surface area contributed by atoms with Gasteiger partial charge in [0.2, 0.25) is 5.89 Å². The second kappa shape index (κ2) is 8.66. The molecule has 1 atom stereocenters.